The number of methoxy groups -OCH3 is 1. The number of rotatable bonds is 6. The lowest BCUT2D eigenvalue weighted by atomic mass is 9.75. The molecule has 8 nitrogen and oxygen atoms in total. The zero-order valence-electron chi connectivity index (χ0n) is 18.6. The lowest BCUT2D eigenvalue weighted by Crippen LogP contribution is -2.57. The van der Waals surface area contributed by atoms with Gasteiger partial charge in [0.05, 0.1) is 30.2 Å². The van der Waals surface area contributed by atoms with Gasteiger partial charge in [-0.3, -0.25) is 19.7 Å². The van der Waals surface area contributed by atoms with Gasteiger partial charge in [-0.05, 0) is 42.2 Å². The number of ether oxygens (including phenoxy) is 1. The lowest BCUT2D eigenvalue weighted by Gasteiger charge is -2.33. The molecular weight excluding hydrogens is 424 g/mol. The van der Waals surface area contributed by atoms with E-state index in [0.717, 1.165) is 10.5 Å². The first-order valence-corrected chi connectivity index (χ1v) is 10.8. The van der Waals surface area contributed by atoms with Crippen LogP contribution in [0.1, 0.15) is 42.2 Å². The number of carbonyl (C=O) groups excluding carboxylic acids is 3. The summed E-state index contributed by atoms with van der Waals surface area (Å²) in [6.45, 7) is 3.89. The van der Waals surface area contributed by atoms with Crippen LogP contribution in [0, 0.1) is 17.8 Å². The second-order valence-electron chi connectivity index (χ2n) is 8.96. The molecular formula is C25H26N2O6. The molecule has 0 bridgehead atoms. The standard InChI is InChI=1S/C25H26N2O6/c1-14(2)13-25(24(32)33-3)19-18(20(26-25)15-7-5-4-6-8-15)21(28)27(22(19)29)17-11-9-16(10-12-17)23(30)31/h4-12,14,18-20,26H,13H2,1-3H3,(H,30,31)/t18-,19-,20-,25-/m0/s1. The van der Waals surface area contributed by atoms with Crippen molar-refractivity contribution in [2.45, 2.75) is 31.8 Å². The molecule has 2 aliphatic heterocycles. The average Bonchev–Trinajstić information content (AvgIpc) is 3.27. The Kier molecular flexibility index (Phi) is 5.80. The maximum Gasteiger partial charge on any atom is 0.335 e. The highest BCUT2D eigenvalue weighted by Crippen LogP contribution is 2.52. The zero-order chi connectivity index (χ0) is 23.9. The van der Waals surface area contributed by atoms with Gasteiger partial charge in [0.15, 0.2) is 0 Å². The van der Waals surface area contributed by atoms with Crippen molar-refractivity contribution in [2.75, 3.05) is 12.0 Å². The fourth-order valence-corrected chi connectivity index (χ4v) is 5.24. The molecule has 0 saturated carbocycles. The summed E-state index contributed by atoms with van der Waals surface area (Å²) in [6, 6.07) is 14.3. The fraction of sp³-hybridized carbons (Fsp3) is 0.360. The fourth-order valence-electron chi connectivity index (χ4n) is 5.24. The Labute approximate surface area is 191 Å². The molecule has 2 fully saturated rings. The van der Waals surface area contributed by atoms with Crippen LogP contribution < -0.4 is 10.2 Å². The Morgan fingerprint density at radius 3 is 2.24 bits per heavy atom. The van der Waals surface area contributed by atoms with Crippen molar-refractivity contribution in [3.8, 4) is 0 Å². The van der Waals surface area contributed by atoms with Gasteiger partial charge in [-0.2, -0.15) is 0 Å². The van der Waals surface area contributed by atoms with Crippen LogP contribution in [0.3, 0.4) is 0 Å². The van der Waals surface area contributed by atoms with Gasteiger partial charge >= 0.3 is 11.9 Å². The van der Waals surface area contributed by atoms with Crippen molar-refractivity contribution in [1.29, 1.82) is 0 Å². The molecule has 2 N–H and O–H groups in total. The normalized spacial score (nSPS) is 26.5. The van der Waals surface area contributed by atoms with Gasteiger partial charge in [-0.25, -0.2) is 9.69 Å². The largest absolute Gasteiger partial charge is 0.478 e. The van der Waals surface area contributed by atoms with Gasteiger partial charge in [-0.15, -0.1) is 0 Å². The molecule has 2 aromatic rings. The minimum absolute atomic E-state index is 0.0403. The van der Waals surface area contributed by atoms with Crippen LogP contribution in [0.25, 0.3) is 0 Å². The number of esters is 1. The molecule has 4 atom stereocenters. The van der Waals surface area contributed by atoms with Crippen LogP contribution in [0.2, 0.25) is 0 Å². The zero-order valence-corrected chi connectivity index (χ0v) is 18.6. The van der Waals surface area contributed by atoms with Crippen LogP contribution in [0.15, 0.2) is 54.6 Å². The summed E-state index contributed by atoms with van der Waals surface area (Å²) in [5.74, 6) is -4.32. The molecule has 2 aliphatic rings. The van der Waals surface area contributed by atoms with Crippen LogP contribution in [-0.4, -0.2) is 41.5 Å². The SMILES string of the molecule is COC(=O)[C@@]1(CC(C)C)N[C@@H](c2ccccc2)[C@H]2C(=O)N(c3ccc(C(=O)O)cc3)C(=O)[C@H]21. The molecule has 2 saturated heterocycles. The number of nitrogens with one attached hydrogen (secondary N) is 1. The summed E-state index contributed by atoms with van der Waals surface area (Å²) in [7, 11) is 1.28. The Hall–Kier alpha value is -3.52. The molecule has 0 unspecified atom stereocenters. The summed E-state index contributed by atoms with van der Waals surface area (Å²) in [5, 5.41) is 12.5. The first-order valence-electron chi connectivity index (χ1n) is 10.8. The number of nitrogens with zero attached hydrogens (tertiary/aromatic N) is 1. The molecule has 2 heterocycles. The van der Waals surface area contributed by atoms with E-state index >= 15 is 0 Å². The molecule has 8 heteroatoms. The number of benzene rings is 2. The molecule has 0 spiro atoms. The van der Waals surface area contributed by atoms with Crippen LogP contribution in [-0.2, 0) is 19.1 Å². The van der Waals surface area contributed by atoms with Crippen molar-refractivity contribution in [3.63, 3.8) is 0 Å². The molecule has 172 valence electrons. The third-order valence-corrected chi connectivity index (χ3v) is 6.47. The topological polar surface area (TPSA) is 113 Å². The monoisotopic (exact) mass is 450 g/mol. The average molecular weight is 450 g/mol. The first kappa shape index (κ1) is 22.7. The first-order chi connectivity index (χ1) is 15.7. The third kappa shape index (κ3) is 3.60. The Morgan fingerprint density at radius 2 is 1.70 bits per heavy atom. The van der Waals surface area contributed by atoms with Crippen molar-refractivity contribution < 1.29 is 29.0 Å². The Bertz CT molecular complexity index is 1100. The number of anilines is 1. The van der Waals surface area contributed by atoms with E-state index < -0.39 is 47.2 Å². The molecule has 2 aromatic carbocycles. The minimum Gasteiger partial charge on any atom is -0.478 e. The van der Waals surface area contributed by atoms with Gasteiger partial charge in [-0.1, -0.05) is 44.2 Å². The number of imide groups is 1. The summed E-state index contributed by atoms with van der Waals surface area (Å²) in [5.41, 5.74) is -0.243. The van der Waals surface area contributed by atoms with Crippen LogP contribution in [0.4, 0.5) is 5.69 Å². The quantitative estimate of drug-likeness (QED) is 0.514. The summed E-state index contributed by atoms with van der Waals surface area (Å²) >= 11 is 0. The molecule has 0 aliphatic carbocycles. The lowest BCUT2D eigenvalue weighted by molar-refractivity contribution is -0.153. The van der Waals surface area contributed by atoms with E-state index in [1.54, 1.807) is 0 Å². The van der Waals surface area contributed by atoms with Crippen molar-refractivity contribution in [3.05, 3.63) is 65.7 Å². The Morgan fingerprint density at radius 1 is 1.06 bits per heavy atom. The summed E-state index contributed by atoms with van der Waals surface area (Å²) < 4.78 is 5.15. The molecule has 33 heavy (non-hydrogen) atoms. The van der Waals surface area contributed by atoms with E-state index in [2.05, 4.69) is 5.32 Å². The number of fused-ring (bicyclic) bond motifs is 1. The van der Waals surface area contributed by atoms with E-state index in [4.69, 9.17) is 4.74 Å². The van der Waals surface area contributed by atoms with E-state index in [1.165, 1.54) is 31.4 Å². The molecule has 0 aromatic heterocycles. The Balaban J connectivity index is 1.84. The highest BCUT2D eigenvalue weighted by molar-refractivity contribution is 6.24. The van der Waals surface area contributed by atoms with Crippen LogP contribution in [0.5, 0.6) is 0 Å². The van der Waals surface area contributed by atoms with E-state index in [-0.39, 0.29) is 17.2 Å². The maximum absolute atomic E-state index is 13.8. The third-order valence-electron chi connectivity index (χ3n) is 6.47. The highest BCUT2D eigenvalue weighted by Gasteiger charge is 2.68. The predicted octanol–water partition coefficient (Wildman–Crippen LogP) is 2.79. The predicted molar refractivity (Wildman–Crippen MR) is 119 cm³/mol. The van der Waals surface area contributed by atoms with Gasteiger partial charge in [0.1, 0.15) is 5.54 Å². The second-order valence-corrected chi connectivity index (χ2v) is 8.96. The number of aromatic carboxylic acids is 1. The number of amides is 2. The van der Waals surface area contributed by atoms with Crippen molar-refractivity contribution in [2.24, 2.45) is 17.8 Å². The minimum atomic E-state index is -1.36. The van der Waals surface area contributed by atoms with Gasteiger partial charge in [0, 0.05) is 6.04 Å². The van der Waals surface area contributed by atoms with Gasteiger partial charge in [0.2, 0.25) is 11.8 Å². The van der Waals surface area contributed by atoms with Crippen LogP contribution >= 0.6 is 0 Å². The van der Waals surface area contributed by atoms with Crippen molar-refractivity contribution >= 4 is 29.4 Å². The van der Waals surface area contributed by atoms with Gasteiger partial charge < -0.3 is 9.84 Å². The smallest absolute Gasteiger partial charge is 0.335 e. The number of carbonyl (C=O) groups is 4. The number of hydrogen-bond donors (Lipinski definition) is 2. The van der Waals surface area contributed by atoms with Gasteiger partial charge in [0.25, 0.3) is 0 Å². The second kappa shape index (κ2) is 8.44. The summed E-state index contributed by atoms with van der Waals surface area (Å²) in [6.07, 6.45) is 0.314. The molecule has 4 rings (SSSR count). The van der Waals surface area contributed by atoms with E-state index in [0.29, 0.717) is 6.42 Å². The highest BCUT2D eigenvalue weighted by atomic mass is 16.5. The van der Waals surface area contributed by atoms with E-state index in [9.17, 15) is 24.3 Å². The van der Waals surface area contributed by atoms with E-state index in [1.807, 2.05) is 44.2 Å². The molecule has 2 amide bonds. The summed E-state index contributed by atoms with van der Waals surface area (Å²) in [4.78, 5) is 52.9. The maximum atomic E-state index is 13.8. The number of carboxylic acids is 1. The number of hydrogen-bond acceptors (Lipinski definition) is 6. The van der Waals surface area contributed by atoms with Crippen molar-refractivity contribution in [1.82, 2.24) is 5.32 Å². The molecule has 0 radical (unpaired) electrons. The number of carboxylic acid groups (broad SMARTS) is 1.